The van der Waals surface area contributed by atoms with Crippen LogP contribution in [0.1, 0.15) is 214 Å². The Labute approximate surface area is 286 Å². The fourth-order valence-corrected chi connectivity index (χ4v) is 4.78. The molecule has 46 heavy (non-hydrogen) atoms. The fourth-order valence-electron chi connectivity index (χ4n) is 4.78. The molecule has 0 saturated carbocycles. The molecule has 0 atom stereocenters. The van der Waals surface area contributed by atoms with E-state index >= 15 is 0 Å². The van der Waals surface area contributed by atoms with Crippen LogP contribution in [0.4, 0.5) is 4.79 Å². The van der Waals surface area contributed by atoms with Crippen LogP contribution in [0.2, 0.25) is 0 Å². The Morgan fingerprint density at radius 2 is 0.630 bits per heavy atom. The van der Waals surface area contributed by atoms with E-state index in [0.717, 1.165) is 25.7 Å². The number of rotatable bonds is 31. The molecule has 7 heteroatoms. The van der Waals surface area contributed by atoms with Crippen molar-refractivity contribution >= 4 is 18.0 Å². The summed E-state index contributed by atoms with van der Waals surface area (Å²) in [6.07, 6.45) is 34.3. The van der Waals surface area contributed by atoms with Crippen molar-refractivity contribution in [1.82, 2.24) is 0 Å². The van der Waals surface area contributed by atoms with Crippen LogP contribution < -0.4 is 5.73 Å². The van der Waals surface area contributed by atoms with Gasteiger partial charge in [0, 0.05) is 12.8 Å². The van der Waals surface area contributed by atoms with Gasteiger partial charge in [-0.1, -0.05) is 182 Å². The number of ether oxygens (including phenoxy) is 3. The van der Waals surface area contributed by atoms with Gasteiger partial charge in [-0.25, -0.2) is 4.79 Å². The zero-order valence-electron chi connectivity index (χ0n) is 31.4. The van der Waals surface area contributed by atoms with Crippen LogP contribution in [0.5, 0.6) is 0 Å². The molecule has 276 valence electrons. The van der Waals surface area contributed by atoms with Crippen LogP contribution in [0, 0.1) is 0 Å². The SMILES string of the molecule is CCCC.CCCCCCCCCCCCCCCCOC(=O)CCCC(=O)OCCCCCCCCCCCC.COC(N)=O. The Morgan fingerprint density at radius 1 is 0.391 bits per heavy atom. The molecule has 0 bridgehead atoms. The molecule has 0 heterocycles. The van der Waals surface area contributed by atoms with Gasteiger partial charge < -0.3 is 19.9 Å². The number of carbonyl (C=O) groups is 3. The lowest BCUT2D eigenvalue weighted by Crippen LogP contribution is -2.09. The molecular formula is C39H79NO6. The van der Waals surface area contributed by atoms with E-state index < -0.39 is 6.09 Å². The molecule has 2 N–H and O–H groups in total. The van der Waals surface area contributed by atoms with Crippen LogP contribution >= 0.6 is 0 Å². The first kappa shape index (κ1) is 48.6. The average molecular weight is 658 g/mol. The minimum absolute atomic E-state index is 0.183. The number of hydrogen-bond donors (Lipinski definition) is 1. The number of carbonyl (C=O) groups excluding carboxylic acids is 3. The molecule has 1 amide bonds. The van der Waals surface area contributed by atoms with E-state index in [-0.39, 0.29) is 11.9 Å². The zero-order valence-corrected chi connectivity index (χ0v) is 31.4. The Bertz CT molecular complexity index is 611. The minimum atomic E-state index is -0.745. The number of methoxy groups -OCH3 is 1. The van der Waals surface area contributed by atoms with Crippen molar-refractivity contribution in [1.29, 1.82) is 0 Å². The lowest BCUT2D eigenvalue weighted by molar-refractivity contribution is -0.145. The lowest BCUT2D eigenvalue weighted by Gasteiger charge is -2.06. The van der Waals surface area contributed by atoms with E-state index in [9.17, 15) is 14.4 Å². The molecule has 0 unspecified atom stereocenters. The van der Waals surface area contributed by atoms with Crippen molar-refractivity contribution in [2.24, 2.45) is 5.73 Å². The maximum Gasteiger partial charge on any atom is 0.404 e. The van der Waals surface area contributed by atoms with E-state index in [4.69, 9.17) is 9.47 Å². The summed E-state index contributed by atoms with van der Waals surface area (Å²) >= 11 is 0. The molecular weight excluding hydrogens is 578 g/mol. The summed E-state index contributed by atoms with van der Waals surface area (Å²) in [6.45, 7) is 9.91. The van der Waals surface area contributed by atoms with Crippen LogP contribution in [-0.2, 0) is 23.8 Å². The van der Waals surface area contributed by atoms with Gasteiger partial charge in [-0.15, -0.1) is 0 Å². The van der Waals surface area contributed by atoms with Gasteiger partial charge >= 0.3 is 18.0 Å². The second kappa shape index (κ2) is 45.3. The van der Waals surface area contributed by atoms with Crippen LogP contribution in [0.25, 0.3) is 0 Å². The van der Waals surface area contributed by atoms with Gasteiger partial charge in [-0.05, 0) is 19.3 Å². The molecule has 0 aliphatic rings. The van der Waals surface area contributed by atoms with Gasteiger partial charge in [0.25, 0.3) is 0 Å². The molecule has 0 aliphatic heterocycles. The van der Waals surface area contributed by atoms with Gasteiger partial charge in [-0.3, -0.25) is 9.59 Å². The van der Waals surface area contributed by atoms with E-state index in [2.05, 4.69) is 38.2 Å². The average Bonchev–Trinajstić information content (AvgIpc) is 3.05. The van der Waals surface area contributed by atoms with Crippen molar-refractivity contribution in [2.75, 3.05) is 20.3 Å². The number of nitrogens with two attached hydrogens (primary N) is 1. The first-order valence-corrected chi connectivity index (χ1v) is 19.5. The summed E-state index contributed by atoms with van der Waals surface area (Å²) in [5.41, 5.74) is 4.43. The molecule has 7 nitrogen and oxygen atoms in total. The molecule has 0 saturated heterocycles. The predicted molar refractivity (Wildman–Crippen MR) is 195 cm³/mol. The molecule has 0 spiro atoms. The van der Waals surface area contributed by atoms with E-state index in [1.54, 1.807) is 0 Å². The van der Waals surface area contributed by atoms with Crippen LogP contribution in [-0.4, -0.2) is 38.4 Å². The first-order chi connectivity index (χ1) is 22.4. The van der Waals surface area contributed by atoms with Gasteiger partial charge in [0.05, 0.1) is 20.3 Å². The Hall–Kier alpha value is -1.79. The van der Waals surface area contributed by atoms with Crippen molar-refractivity contribution in [2.45, 2.75) is 214 Å². The summed E-state index contributed by atoms with van der Waals surface area (Å²) in [6, 6.07) is 0. The third-order valence-corrected chi connectivity index (χ3v) is 7.98. The van der Waals surface area contributed by atoms with Crippen LogP contribution in [0.15, 0.2) is 0 Å². The number of esters is 2. The van der Waals surface area contributed by atoms with E-state index in [1.807, 2.05) is 0 Å². The van der Waals surface area contributed by atoms with E-state index in [0.29, 0.717) is 32.5 Å². The highest BCUT2D eigenvalue weighted by Gasteiger charge is 2.07. The first-order valence-electron chi connectivity index (χ1n) is 19.5. The molecule has 0 aromatic carbocycles. The second-order valence-electron chi connectivity index (χ2n) is 12.6. The van der Waals surface area contributed by atoms with Gasteiger partial charge in [0.1, 0.15) is 0 Å². The summed E-state index contributed by atoms with van der Waals surface area (Å²) in [5.74, 6) is -0.368. The molecule has 0 aromatic heterocycles. The zero-order chi connectivity index (χ0) is 34.8. The van der Waals surface area contributed by atoms with Crippen molar-refractivity contribution in [3.63, 3.8) is 0 Å². The summed E-state index contributed by atoms with van der Waals surface area (Å²) in [7, 11) is 1.22. The quantitative estimate of drug-likeness (QED) is 0.0452. The number of amides is 1. The van der Waals surface area contributed by atoms with Gasteiger partial charge in [0.2, 0.25) is 0 Å². The number of hydrogen-bond acceptors (Lipinski definition) is 6. The smallest absolute Gasteiger partial charge is 0.404 e. The molecule has 0 fully saturated rings. The monoisotopic (exact) mass is 658 g/mol. The standard InChI is InChI=1S/C33H64O4.C4H10.C2H5NO2/c1-3-5-7-9-11-13-15-16-17-18-20-22-24-26-31-37-33(35)29-27-28-32(34)36-30-25-23-21-19-14-12-10-8-6-4-2;1-3-4-2;1-5-2(3)4/h3-31H2,1-2H3;3-4H2,1-2H3;1H3,(H2,3,4). The van der Waals surface area contributed by atoms with Crippen LogP contribution in [0.3, 0.4) is 0 Å². The lowest BCUT2D eigenvalue weighted by atomic mass is 10.0. The Balaban J connectivity index is -0.00000179. The highest BCUT2D eigenvalue weighted by Crippen LogP contribution is 2.13. The van der Waals surface area contributed by atoms with Crippen molar-refractivity contribution in [3.8, 4) is 0 Å². The summed E-state index contributed by atoms with van der Waals surface area (Å²) in [5, 5.41) is 0. The summed E-state index contributed by atoms with van der Waals surface area (Å²) < 4.78 is 14.5. The largest absolute Gasteiger partial charge is 0.466 e. The molecule has 0 rings (SSSR count). The normalized spacial score (nSPS) is 10.3. The minimum Gasteiger partial charge on any atom is -0.466 e. The van der Waals surface area contributed by atoms with E-state index in [1.165, 1.54) is 148 Å². The fraction of sp³-hybridized carbons (Fsp3) is 0.923. The number of primary amides is 1. The van der Waals surface area contributed by atoms with Crippen molar-refractivity contribution < 1.29 is 28.6 Å². The molecule has 0 aliphatic carbocycles. The van der Waals surface area contributed by atoms with Gasteiger partial charge in [0.15, 0.2) is 0 Å². The molecule has 0 radical (unpaired) electrons. The third kappa shape index (κ3) is 51.8. The highest BCUT2D eigenvalue weighted by molar-refractivity contribution is 5.72. The third-order valence-electron chi connectivity index (χ3n) is 7.98. The van der Waals surface area contributed by atoms with Crippen molar-refractivity contribution in [3.05, 3.63) is 0 Å². The topological polar surface area (TPSA) is 105 Å². The van der Waals surface area contributed by atoms with Gasteiger partial charge in [-0.2, -0.15) is 0 Å². The molecule has 0 aromatic rings. The highest BCUT2D eigenvalue weighted by atomic mass is 16.5. The maximum atomic E-state index is 11.8. The maximum absolute atomic E-state index is 11.8. The predicted octanol–water partition coefficient (Wildman–Crippen LogP) is 12.2. The Kier molecular flexibility index (Phi) is 47.9. The summed E-state index contributed by atoms with van der Waals surface area (Å²) in [4.78, 5) is 33.0. The Morgan fingerprint density at radius 3 is 0.848 bits per heavy atom. The number of unbranched alkanes of at least 4 members (excludes halogenated alkanes) is 23. The second-order valence-corrected chi connectivity index (χ2v) is 12.6.